The van der Waals surface area contributed by atoms with Crippen LogP contribution in [0.1, 0.15) is 52.5 Å². The van der Waals surface area contributed by atoms with Gasteiger partial charge in [0.25, 0.3) is 5.91 Å². The average molecular weight is 577 g/mol. The van der Waals surface area contributed by atoms with Crippen molar-refractivity contribution >= 4 is 50.1 Å². The van der Waals surface area contributed by atoms with Gasteiger partial charge in [-0.05, 0) is 55.7 Å². The molecule has 1 aromatic heterocycles. The van der Waals surface area contributed by atoms with Crippen molar-refractivity contribution in [3.63, 3.8) is 0 Å². The SMILES string of the molecule is COC(=O)c1ccc(CSc2nnc(NC(=O)c3ccc(OC)c(S(=O)(=O)N4CCCC[C@@H]4C)c3)s2)cc1. The first kappa shape index (κ1) is 28.0. The summed E-state index contributed by atoms with van der Waals surface area (Å²) in [5.41, 5.74) is 1.63. The van der Waals surface area contributed by atoms with Gasteiger partial charge in [0.2, 0.25) is 15.2 Å². The highest BCUT2D eigenvalue weighted by Gasteiger charge is 2.33. The lowest BCUT2D eigenvalue weighted by Gasteiger charge is -2.32. The minimum absolute atomic E-state index is 0.0341. The Labute approximate surface area is 229 Å². The topological polar surface area (TPSA) is 128 Å². The van der Waals surface area contributed by atoms with Crippen molar-refractivity contribution in [2.24, 2.45) is 0 Å². The van der Waals surface area contributed by atoms with Gasteiger partial charge in [0.15, 0.2) is 4.34 Å². The van der Waals surface area contributed by atoms with Crippen LogP contribution in [0.25, 0.3) is 0 Å². The Kier molecular flexibility index (Phi) is 9.03. The molecule has 0 saturated carbocycles. The fraction of sp³-hybridized carbons (Fsp3) is 0.360. The van der Waals surface area contributed by atoms with Gasteiger partial charge < -0.3 is 9.47 Å². The fourth-order valence-corrected chi connectivity index (χ4v) is 7.65. The zero-order valence-corrected chi connectivity index (χ0v) is 23.6. The molecule has 1 atom stereocenters. The van der Waals surface area contributed by atoms with Crippen LogP contribution in [0.3, 0.4) is 0 Å². The number of hydrogen-bond donors (Lipinski definition) is 1. The lowest BCUT2D eigenvalue weighted by atomic mass is 10.1. The van der Waals surface area contributed by atoms with Crippen LogP contribution in [0.4, 0.5) is 5.13 Å². The fourth-order valence-electron chi connectivity index (χ4n) is 4.06. The number of methoxy groups -OCH3 is 2. The van der Waals surface area contributed by atoms with Crippen molar-refractivity contribution in [2.45, 2.75) is 47.2 Å². The smallest absolute Gasteiger partial charge is 0.337 e. The van der Waals surface area contributed by atoms with E-state index in [1.165, 1.54) is 59.8 Å². The summed E-state index contributed by atoms with van der Waals surface area (Å²) < 4.78 is 39.0. The van der Waals surface area contributed by atoms with Gasteiger partial charge >= 0.3 is 5.97 Å². The summed E-state index contributed by atoms with van der Waals surface area (Å²) in [7, 11) is -1.11. The maximum absolute atomic E-state index is 13.4. The average Bonchev–Trinajstić information content (AvgIpc) is 3.38. The Hall–Kier alpha value is -3.00. The summed E-state index contributed by atoms with van der Waals surface area (Å²) in [5.74, 6) is -0.106. The highest BCUT2D eigenvalue weighted by Crippen LogP contribution is 2.33. The van der Waals surface area contributed by atoms with Crippen LogP contribution in [-0.4, -0.2) is 61.6 Å². The number of benzene rings is 2. The van der Waals surface area contributed by atoms with Crippen molar-refractivity contribution in [3.05, 3.63) is 59.2 Å². The van der Waals surface area contributed by atoms with Gasteiger partial charge in [-0.15, -0.1) is 10.2 Å². The number of amides is 1. The van der Waals surface area contributed by atoms with Crippen LogP contribution >= 0.6 is 23.1 Å². The minimum Gasteiger partial charge on any atom is -0.495 e. The van der Waals surface area contributed by atoms with Crippen LogP contribution in [0, 0.1) is 0 Å². The van der Waals surface area contributed by atoms with Gasteiger partial charge in [-0.25, -0.2) is 13.2 Å². The molecule has 202 valence electrons. The number of nitrogens with zero attached hydrogens (tertiary/aromatic N) is 3. The maximum Gasteiger partial charge on any atom is 0.337 e. The molecule has 1 N–H and O–H groups in total. The molecule has 0 bridgehead atoms. The number of anilines is 1. The van der Waals surface area contributed by atoms with Gasteiger partial charge in [0, 0.05) is 23.9 Å². The Balaban J connectivity index is 1.43. The second kappa shape index (κ2) is 12.2. The van der Waals surface area contributed by atoms with Crippen LogP contribution in [0.5, 0.6) is 5.75 Å². The van der Waals surface area contributed by atoms with Crippen LogP contribution < -0.4 is 10.1 Å². The van der Waals surface area contributed by atoms with Crippen molar-refractivity contribution in [2.75, 3.05) is 26.1 Å². The van der Waals surface area contributed by atoms with E-state index in [1.54, 1.807) is 12.1 Å². The number of esters is 1. The Bertz CT molecular complexity index is 1410. The molecule has 2 aromatic carbocycles. The zero-order chi connectivity index (χ0) is 27.3. The first-order valence-electron chi connectivity index (χ1n) is 11.9. The highest BCUT2D eigenvalue weighted by molar-refractivity contribution is 8.00. The Morgan fingerprint density at radius 2 is 1.84 bits per heavy atom. The van der Waals surface area contributed by atoms with E-state index in [0.29, 0.717) is 27.3 Å². The quantitative estimate of drug-likeness (QED) is 0.223. The third-order valence-electron chi connectivity index (χ3n) is 6.12. The van der Waals surface area contributed by atoms with Crippen molar-refractivity contribution < 1.29 is 27.5 Å². The molecule has 3 aromatic rings. The minimum atomic E-state index is -3.85. The molecule has 4 rings (SSSR count). The number of aromatic nitrogens is 2. The molecule has 2 heterocycles. The Morgan fingerprint density at radius 3 is 2.53 bits per heavy atom. The number of ether oxygens (including phenoxy) is 2. The van der Waals surface area contributed by atoms with Gasteiger partial charge in [-0.3, -0.25) is 10.1 Å². The number of rotatable bonds is 9. The Morgan fingerprint density at radius 1 is 1.11 bits per heavy atom. The molecule has 10 nitrogen and oxygen atoms in total. The maximum atomic E-state index is 13.4. The van der Waals surface area contributed by atoms with E-state index in [9.17, 15) is 18.0 Å². The largest absolute Gasteiger partial charge is 0.495 e. The summed E-state index contributed by atoms with van der Waals surface area (Å²) in [6, 6.07) is 11.3. The second-order valence-electron chi connectivity index (χ2n) is 8.63. The molecule has 0 unspecified atom stereocenters. The van der Waals surface area contributed by atoms with Gasteiger partial charge in [0.05, 0.1) is 19.8 Å². The predicted octanol–water partition coefficient (Wildman–Crippen LogP) is 4.44. The molecule has 1 saturated heterocycles. The molecule has 1 amide bonds. The molecule has 1 aliphatic rings. The standard InChI is InChI=1S/C25H28N4O6S3/c1-16-6-4-5-13-29(16)38(32,33)21-14-19(11-12-20(21)34-2)22(30)26-24-27-28-25(37-24)36-15-17-7-9-18(10-8-17)23(31)35-3/h7-12,14,16H,4-6,13,15H2,1-3H3,(H,26,27,30)/t16-/m0/s1. The first-order chi connectivity index (χ1) is 18.2. The van der Waals surface area contributed by atoms with Gasteiger partial charge in [-0.1, -0.05) is 41.7 Å². The molecule has 0 aliphatic carbocycles. The predicted molar refractivity (Wildman–Crippen MR) is 145 cm³/mol. The molecular weight excluding hydrogens is 548 g/mol. The molecular formula is C25H28N4O6S3. The van der Waals surface area contributed by atoms with E-state index < -0.39 is 21.9 Å². The molecule has 0 radical (unpaired) electrons. The molecule has 0 spiro atoms. The monoisotopic (exact) mass is 576 g/mol. The number of carbonyl (C=O) groups excluding carboxylic acids is 2. The lowest BCUT2D eigenvalue weighted by molar-refractivity contribution is 0.0600. The second-order valence-corrected chi connectivity index (χ2v) is 12.7. The summed E-state index contributed by atoms with van der Waals surface area (Å²) in [6.07, 6.45) is 2.57. The van der Waals surface area contributed by atoms with Crippen molar-refractivity contribution in [1.29, 1.82) is 0 Å². The first-order valence-corrected chi connectivity index (χ1v) is 15.1. The number of thioether (sulfide) groups is 1. The number of carbonyl (C=O) groups is 2. The summed E-state index contributed by atoms with van der Waals surface area (Å²) in [6.45, 7) is 2.33. The van der Waals surface area contributed by atoms with E-state index in [1.807, 2.05) is 19.1 Å². The number of piperidine rings is 1. The van der Waals surface area contributed by atoms with Gasteiger partial charge in [0.1, 0.15) is 10.6 Å². The van der Waals surface area contributed by atoms with Crippen molar-refractivity contribution in [1.82, 2.24) is 14.5 Å². The van der Waals surface area contributed by atoms with Crippen LogP contribution in [0.15, 0.2) is 51.7 Å². The summed E-state index contributed by atoms with van der Waals surface area (Å²) >= 11 is 2.65. The van der Waals surface area contributed by atoms with E-state index in [-0.39, 0.29) is 22.3 Å². The lowest BCUT2D eigenvalue weighted by Crippen LogP contribution is -2.42. The summed E-state index contributed by atoms with van der Waals surface area (Å²) in [5, 5.41) is 11.1. The highest BCUT2D eigenvalue weighted by atomic mass is 32.2. The third-order valence-corrected chi connectivity index (χ3v) is 10.2. The van der Waals surface area contributed by atoms with Crippen LogP contribution in [0.2, 0.25) is 0 Å². The number of hydrogen-bond acceptors (Lipinski definition) is 10. The molecule has 1 aliphatic heterocycles. The van der Waals surface area contributed by atoms with Gasteiger partial charge in [-0.2, -0.15) is 4.31 Å². The van der Waals surface area contributed by atoms with Crippen molar-refractivity contribution in [3.8, 4) is 5.75 Å². The van der Waals surface area contributed by atoms with E-state index in [4.69, 9.17) is 9.47 Å². The normalized spacial score (nSPS) is 16.1. The van der Waals surface area contributed by atoms with E-state index in [0.717, 1.165) is 24.8 Å². The molecule has 38 heavy (non-hydrogen) atoms. The number of nitrogens with one attached hydrogen (secondary N) is 1. The molecule has 1 fully saturated rings. The van der Waals surface area contributed by atoms with Crippen LogP contribution in [-0.2, 0) is 20.5 Å². The summed E-state index contributed by atoms with van der Waals surface area (Å²) in [4.78, 5) is 24.5. The number of sulfonamides is 1. The van der Waals surface area contributed by atoms with E-state index in [2.05, 4.69) is 15.5 Å². The molecule has 13 heteroatoms. The third kappa shape index (κ3) is 6.34. The van der Waals surface area contributed by atoms with E-state index >= 15 is 0 Å². The zero-order valence-electron chi connectivity index (χ0n) is 21.2.